The zero-order chi connectivity index (χ0) is 9.71. The van der Waals surface area contributed by atoms with Crippen LogP contribution in [0.3, 0.4) is 0 Å². The van der Waals surface area contributed by atoms with Crippen LogP contribution in [-0.2, 0) is 9.47 Å². The molecule has 2 saturated heterocycles. The van der Waals surface area contributed by atoms with Crippen molar-refractivity contribution < 1.29 is 9.47 Å². The lowest BCUT2D eigenvalue weighted by atomic mass is 9.96. The molecule has 1 aromatic carbocycles. The molecule has 0 aromatic heterocycles. The molecule has 0 spiro atoms. The Labute approximate surface area is 83.8 Å². The van der Waals surface area contributed by atoms with Crippen LogP contribution in [0.25, 0.3) is 0 Å². The zero-order valence-corrected chi connectivity index (χ0v) is 8.54. The van der Waals surface area contributed by atoms with Crippen LogP contribution in [0.2, 0.25) is 0 Å². The van der Waals surface area contributed by atoms with E-state index in [2.05, 4.69) is 26.0 Å². The predicted molar refractivity (Wildman–Crippen MR) is 53.3 cm³/mol. The van der Waals surface area contributed by atoms with E-state index >= 15 is 0 Å². The Bertz CT molecular complexity index is 353. The Hall–Kier alpha value is -0.860. The molecule has 2 heterocycles. The highest BCUT2D eigenvalue weighted by molar-refractivity contribution is 5.42. The summed E-state index contributed by atoms with van der Waals surface area (Å²) in [4.78, 5) is 0. The first-order chi connectivity index (χ1) is 6.75. The van der Waals surface area contributed by atoms with Crippen molar-refractivity contribution in [3.8, 4) is 0 Å². The van der Waals surface area contributed by atoms with Crippen molar-refractivity contribution in [2.45, 2.75) is 26.1 Å². The molecular weight excluding hydrogens is 176 g/mol. The normalized spacial score (nSPS) is 29.0. The Balaban J connectivity index is 2.04. The van der Waals surface area contributed by atoms with Crippen LogP contribution in [0.15, 0.2) is 12.1 Å². The van der Waals surface area contributed by atoms with Crippen molar-refractivity contribution >= 4 is 0 Å². The van der Waals surface area contributed by atoms with Crippen molar-refractivity contribution in [2.24, 2.45) is 0 Å². The van der Waals surface area contributed by atoms with Gasteiger partial charge in [-0.3, -0.25) is 0 Å². The monoisotopic (exact) mass is 190 g/mol. The number of epoxide rings is 2. The summed E-state index contributed by atoms with van der Waals surface area (Å²) in [6.07, 6.45) is 0.728. The van der Waals surface area contributed by atoms with Crippen LogP contribution in [0.5, 0.6) is 0 Å². The first kappa shape index (κ1) is 8.45. The van der Waals surface area contributed by atoms with Gasteiger partial charge in [0.15, 0.2) is 0 Å². The number of hydrogen-bond acceptors (Lipinski definition) is 2. The highest BCUT2D eigenvalue weighted by Crippen LogP contribution is 2.38. The van der Waals surface area contributed by atoms with Crippen LogP contribution in [0.4, 0.5) is 0 Å². The van der Waals surface area contributed by atoms with Gasteiger partial charge < -0.3 is 9.47 Å². The Morgan fingerprint density at radius 1 is 1.00 bits per heavy atom. The lowest BCUT2D eigenvalue weighted by molar-refractivity contribution is 0.411. The summed E-state index contributed by atoms with van der Waals surface area (Å²) in [6, 6.07) is 4.48. The van der Waals surface area contributed by atoms with Gasteiger partial charge in [0.2, 0.25) is 0 Å². The third kappa shape index (κ3) is 1.35. The molecule has 3 rings (SSSR count). The summed E-state index contributed by atoms with van der Waals surface area (Å²) in [5.74, 6) is 0. The fraction of sp³-hybridized carbons (Fsp3) is 0.500. The van der Waals surface area contributed by atoms with Gasteiger partial charge in [-0.25, -0.2) is 0 Å². The SMILES string of the molecule is Cc1cc(C2CO2)cc(C)c1C1CO1. The molecule has 0 amide bonds. The fourth-order valence-electron chi connectivity index (χ4n) is 2.16. The molecule has 2 nitrogen and oxygen atoms in total. The molecule has 2 aliphatic heterocycles. The van der Waals surface area contributed by atoms with Crippen LogP contribution in [-0.4, -0.2) is 13.2 Å². The van der Waals surface area contributed by atoms with Gasteiger partial charge in [0.1, 0.15) is 12.2 Å². The van der Waals surface area contributed by atoms with Gasteiger partial charge in [-0.15, -0.1) is 0 Å². The van der Waals surface area contributed by atoms with E-state index in [0.29, 0.717) is 12.2 Å². The van der Waals surface area contributed by atoms with Gasteiger partial charge in [-0.05, 0) is 36.1 Å². The minimum absolute atomic E-state index is 0.363. The summed E-state index contributed by atoms with van der Waals surface area (Å²) in [5.41, 5.74) is 5.40. The zero-order valence-electron chi connectivity index (χ0n) is 8.54. The molecule has 14 heavy (non-hydrogen) atoms. The smallest absolute Gasteiger partial charge is 0.106 e. The summed E-state index contributed by atoms with van der Waals surface area (Å²) in [6.45, 7) is 6.10. The van der Waals surface area contributed by atoms with Crippen molar-refractivity contribution in [3.63, 3.8) is 0 Å². The topological polar surface area (TPSA) is 25.1 Å². The average Bonchev–Trinajstić information content (AvgIpc) is 2.99. The second-order valence-electron chi connectivity index (χ2n) is 4.21. The molecule has 0 aliphatic carbocycles. The highest BCUT2D eigenvalue weighted by Gasteiger charge is 2.30. The first-order valence-electron chi connectivity index (χ1n) is 5.10. The van der Waals surface area contributed by atoms with Gasteiger partial charge in [0.25, 0.3) is 0 Å². The Morgan fingerprint density at radius 3 is 1.93 bits per heavy atom. The van der Waals surface area contributed by atoms with Gasteiger partial charge in [0.05, 0.1) is 13.2 Å². The minimum Gasteiger partial charge on any atom is -0.368 e. The number of aryl methyl sites for hydroxylation is 2. The molecule has 2 heteroatoms. The Kier molecular flexibility index (Phi) is 1.70. The van der Waals surface area contributed by atoms with E-state index < -0.39 is 0 Å². The van der Waals surface area contributed by atoms with Crippen molar-refractivity contribution in [1.29, 1.82) is 0 Å². The van der Waals surface area contributed by atoms with Crippen LogP contribution < -0.4 is 0 Å². The summed E-state index contributed by atoms with van der Waals surface area (Å²) in [7, 11) is 0. The summed E-state index contributed by atoms with van der Waals surface area (Å²) < 4.78 is 10.6. The molecule has 74 valence electrons. The lowest BCUT2D eigenvalue weighted by Crippen LogP contribution is -1.95. The molecule has 0 N–H and O–H groups in total. The molecule has 0 bridgehead atoms. The van der Waals surface area contributed by atoms with Crippen molar-refractivity contribution in [2.75, 3.05) is 13.2 Å². The molecule has 2 atom stereocenters. The van der Waals surface area contributed by atoms with E-state index in [1.165, 1.54) is 22.3 Å². The molecule has 2 aliphatic rings. The van der Waals surface area contributed by atoms with Gasteiger partial charge in [-0.2, -0.15) is 0 Å². The van der Waals surface area contributed by atoms with E-state index in [1.807, 2.05) is 0 Å². The second kappa shape index (κ2) is 2.81. The van der Waals surface area contributed by atoms with Crippen LogP contribution >= 0.6 is 0 Å². The number of ether oxygens (including phenoxy) is 2. The van der Waals surface area contributed by atoms with E-state index in [1.54, 1.807) is 0 Å². The molecular formula is C12H14O2. The molecule has 0 radical (unpaired) electrons. The van der Waals surface area contributed by atoms with Crippen LogP contribution in [0, 0.1) is 13.8 Å². The highest BCUT2D eigenvalue weighted by atomic mass is 16.6. The maximum Gasteiger partial charge on any atom is 0.106 e. The summed E-state index contributed by atoms with van der Waals surface area (Å²) in [5, 5.41) is 0. The van der Waals surface area contributed by atoms with Gasteiger partial charge in [0, 0.05) is 0 Å². The number of benzene rings is 1. The van der Waals surface area contributed by atoms with E-state index in [0.717, 1.165) is 13.2 Å². The first-order valence-corrected chi connectivity index (χ1v) is 5.10. The van der Waals surface area contributed by atoms with E-state index in [4.69, 9.17) is 9.47 Å². The quantitative estimate of drug-likeness (QED) is 0.669. The molecule has 0 saturated carbocycles. The largest absolute Gasteiger partial charge is 0.368 e. The predicted octanol–water partition coefficient (Wildman–Crippen LogP) is 2.45. The third-order valence-electron chi connectivity index (χ3n) is 2.98. The molecule has 1 aromatic rings. The van der Waals surface area contributed by atoms with Crippen molar-refractivity contribution in [3.05, 3.63) is 34.4 Å². The van der Waals surface area contributed by atoms with Gasteiger partial charge >= 0.3 is 0 Å². The lowest BCUT2D eigenvalue weighted by Gasteiger charge is -2.09. The Morgan fingerprint density at radius 2 is 1.50 bits per heavy atom. The third-order valence-corrected chi connectivity index (χ3v) is 2.98. The average molecular weight is 190 g/mol. The maximum absolute atomic E-state index is 5.34. The van der Waals surface area contributed by atoms with Gasteiger partial charge in [-0.1, -0.05) is 12.1 Å². The second-order valence-corrected chi connectivity index (χ2v) is 4.21. The van der Waals surface area contributed by atoms with E-state index in [-0.39, 0.29) is 0 Å². The van der Waals surface area contributed by atoms with E-state index in [9.17, 15) is 0 Å². The number of rotatable bonds is 2. The number of hydrogen-bond donors (Lipinski definition) is 0. The fourth-order valence-corrected chi connectivity index (χ4v) is 2.16. The van der Waals surface area contributed by atoms with Crippen LogP contribution in [0.1, 0.15) is 34.5 Å². The summed E-state index contributed by atoms with van der Waals surface area (Å²) >= 11 is 0. The maximum atomic E-state index is 5.34. The molecule has 2 fully saturated rings. The standard InChI is InChI=1S/C12H14O2/c1-7-3-9(10-5-13-10)4-8(2)12(7)11-6-14-11/h3-4,10-11H,5-6H2,1-2H3. The van der Waals surface area contributed by atoms with Crippen molar-refractivity contribution in [1.82, 2.24) is 0 Å². The minimum atomic E-state index is 0.363. The molecule has 2 unspecified atom stereocenters.